The number of ether oxygens (including phenoxy) is 1. The number of rotatable bonds is 5. The van der Waals surface area contributed by atoms with Gasteiger partial charge in [-0.2, -0.15) is 0 Å². The van der Waals surface area contributed by atoms with Crippen LogP contribution in [0.1, 0.15) is 31.3 Å². The van der Waals surface area contributed by atoms with E-state index in [2.05, 4.69) is 10.3 Å². The SMILES string of the molecule is CC(C)NC(=O)[C@@H](C)OC(=O)c1csc(-c2cccs2)n1. The standard InChI is InChI=1S/C14H16N2O3S2/c1-8(2)15-12(17)9(3)19-14(18)10-7-21-13(16-10)11-5-4-6-20-11/h4-9H,1-3H3,(H,15,17)/t9-/m1/s1. The third-order valence-corrected chi connectivity index (χ3v) is 4.41. The van der Waals surface area contributed by atoms with Crippen molar-refractivity contribution in [1.82, 2.24) is 10.3 Å². The Hall–Kier alpha value is -1.73. The molecular formula is C14H16N2O3S2. The van der Waals surface area contributed by atoms with Gasteiger partial charge in [0.15, 0.2) is 11.8 Å². The molecule has 7 heteroatoms. The van der Waals surface area contributed by atoms with Gasteiger partial charge in [0, 0.05) is 11.4 Å². The van der Waals surface area contributed by atoms with E-state index in [4.69, 9.17) is 4.74 Å². The highest BCUT2D eigenvalue weighted by molar-refractivity contribution is 7.20. The zero-order chi connectivity index (χ0) is 15.4. The summed E-state index contributed by atoms with van der Waals surface area (Å²) in [5, 5.41) is 7.06. The monoisotopic (exact) mass is 324 g/mol. The van der Waals surface area contributed by atoms with Gasteiger partial charge in [0.05, 0.1) is 4.88 Å². The van der Waals surface area contributed by atoms with Crippen LogP contribution in [0.2, 0.25) is 0 Å². The average molecular weight is 324 g/mol. The number of carbonyl (C=O) groups is 2. The fraction of sp³-hybridized carbons (Fsp3) is 0.357. The second-order valence-electron chi connectivity index (χ2n) is 4.73. The highest BCUT2D eigenvalue weighted by atomic mass is 32.1. The number of nitrogens with one attached hydrogen (secondary N) is 1. The highest BCUT2D eigenvalue weighted by Gasteiger charge is 2.21. The molecule has 112 valence electrons. The molecule has 0 aliphatic heterocycles. The van der Waals surface area contributed by atoms with Crippen molar-refractivity contribution in [2.75, 3.05) is 0 Å². The second kappa shape index (κ2) is 6.82. The van der Waals surface area contributed by atoms with Gasteiger partial charge in [0.25, 0.3) is 5.91 Å². The van der Waals surface area contributed by atoms with Gasteiger partial charge in [-0.25, -0.2) is 9.78 Å². The van der Waals surface area contributed by atoms with E-state index in [1.54, 1.807) is 23.6 Å². The zero-order valence-corrected chi connectivity index (χ0v) is 13.6. The van der Waals surface area contributed by atoms with Crippen LogP contribution in [0.15, 0.2) is 22.9 Å². The molecule has 0 saturated heterocycles. The number of nitrogens with zero attached hydrogens (tertiary/aromatic N) is 1. The lowest BCUT2D eigenvalue weighted by molar-refractivity contribution is -0.129. The predicted octanol–water partition coefficient (Wildman–Crippen LogP) is 2.94. The summed E-state index contributed by atoms with van der Waals surface area (Å²) < 4.78 is 5.13. The first kappa shape index (κ1) is 15.7. The van der Waals surface area contributed by atoms with Gasteiger partial charge in [0.1, 0.15) is 5.01 Å². The summed E-state index contributed by atoms with van der Waals surface area (Å²) in [7, 11) is 0. The number of hydrogen-bond donors (Lipinski definition) is 1. The Kier molecular flexibility index (Phi) is 5.08. The van der Waals surface area contributed by atoms with Gasteiger partial charge in [-0.05, 0) is 32.2 Å². The number of hydrogen-bond acceptors (Lipinski definition) is 6. The van der Waals surface area contributed by atoms with Crippen LogP contribution in [0, 0.1) is 0 Å². The fourth-order valence-electron chi connectivity index (χ4n) is 1.56. The summed E-state index contributed by atoms with van der Waals surface area (Å²) in [6.45, 7) is 5.24. The molecule has 1 N–H and O–H groups in total. The van der Waals surface area contributed by atoms with Crippen LogP contribution in [0.5, 0.6) is 0 Å². The van der Waals surface area contributed by atoms with Gasteiger partial charge in [-0.15, -0.1) is 22.7 Å². The van der Waals surface area contributed by atoms with Crippen molar-refractivity contribution < 1.29 is 14.3 Å². The van der Waals surface area contributed by atoms with E-state index in [1.165, 1.54) is 11.3 Å². The number of thiophene rings is 1. The third-order valence-electron chi connectivity index (χ3n) is 2.53. The Balaban J connectivity index is 1.99. The molecule has 0 aromatic carbocycles. The molecule has 1 atom stereocenters. The first-order chi connectivity index (χ1) is 9.97. The molecule has 0 spiro atoms. The molecule has 21 heavy (non-hydrogen) atoms. The van der Waals surface area contributed by atoms with E-state index in [1.807, 2.05) is 31.4 Å². The Morgan fingerprint density at radius 1 is 1.29 bits per heavy atom. The van der Waals surface area contributed by atoms with Crippen molar-refractivity contribution in [3.05, 3.63) is 28.6 Å². The predicted molar refractivity (Wildman–Crippen MR) is 83.6 cm³/mol. The Morgan fingerprint density at radius 2 is 2.05 bits per heavy atom. The Bertz CT molecular complexity index is 620. The van der Waals surface area contributed by atoms with E-state index in [0.29, 0.717) is 0 Å². The molecule has 2 aromatic rings. The molecular weight excluding hydrogens is 308 g/mol. The number of esters is 1. The third kappa shape index (κ3) is 4.12. The lowest BCUT2D eigenvalue weighted by Gasteiger charge is -2.14. The molecule has 0 fully saturated rings. The van der Waals surface area contributed by atoms with Crippen LogP contribution in [0.3, 0.4) is 0 Å². The maximum Gasteiger partial charge on any atom is 0.358 e. The van der Waals surface area contributed by atoms with E-state index < -0.39 is 12.1 Å². The lowest BCUT2D eigenvalue weighted by Crippen LogP contribution is -2.39. The van der Waals surface area contributed by atoms with Crippen molar-refractivity contribution in [3.8, 4) is 9.88 Å². The van der Waals surface area contributed by atoms with E-state index in [0.717, 1.165) is 9.88 Å². The number of aromatic nitrogens is 1. The normalized spacial score (nSPS) is 12.2. The molecule has 0 radical (unpaired) electrons. The second-order valence-corrected chi connectivity index (χ2v) is 6.53. The summed E-state index contributed by atoms with van der Waals surface area (Å²) >= 11 is 2.94. The maximum absolute atomic E-state index is 12.0. The van der Waals surface area contributed by atoms with Gasteiger partial charge in [-0.3, -0.25) is 4.79 Å². The minimum Gasteiger partial charge on any atom is -0.448 e. The van der Waals surface area contributed by atoms with Crippen LogP contribution in [0.25, 0.3) is 9.88 Å². The summed E-state index contributed by atoms with van der Waals surface area (Å²) in [6.07, 6.45) is -0.841. The smallest absolute Gasteiger partial charge is 0.358 e. The minimum absolute atomic E-state index is 0.00311. The van der Waals surface area contributed by atoms with Crippen molar-refractivity contribution in [3.63, 3.8) is 0 Å². The molecule has 0 unspecified atom stereocenters. The fourth-order valence-corrected chi connectivity index (χ4v) is 3.16. The first-order valence-corrected chi connectivity index (χ1v) is 8.24. The Labute approximate surface area is 131 Å². The molecule has 0 aliphatic rings. The van der Waals surface area contributed by atoms with Gasteiger partial charge in [0.2, 0.25) is 0 Å². The molecule has 1 amide bonds. The maximum atomic E-state index is 12.0. The van der Waals surface area contributed by atoms with Crippen LogP contribution in [0.4, 0.5) is 0 Å². The van der Waals surface area contributed by atoms with E-state index >= 15 is 0 Å². The van der Waals surface area contributed by atoms with Crippen LogP contribution < -0.4 is 5.32 Å². The quantitative estimate of drug-likeness (QED) is 0.859. The topological polar surface area (TPSA) is 68.3 Å². The molecule has 2 aromatic heterocycles. The van der Waals surface area contributed by atoms with E-state index in [-0.39, 0.29) is 17.6 Å². The van der Waals surface area contributed by atoms with Crippen molar-refractivity contribution in [2.45, 2.75) is 32.9 Å². The Morgan fingerprint density at radius 3 is 2.67 bits per heavy atom. The largest absolute Gasteiger partial charge is 0.448 e. The number of carbonyl (C=O) groups excluding carboxylic acids is 2. The minimum atomic E-state index is -0.841. The van der Waals surface area contributed by atoms with Crippen LogP contribution in [-0.2, 0) is 9.53 Å². The molecule has 0 saturated carbocycles. The van der Waals surface area contributed by atoms with Crippen molar-refractivity contribution in [1.29, 1.82) is 0 Å². The first-order valence-electron chi connectivity index (χ1n) is 6.48. The van der Waals surface area contributed by atoms with E-state index in [9.17, 15) is 9.59 Å². The molecule has 0 aliphatic carbocycles. The molecule has 5 nitrogen and oxygen atoms in total. The average Bonchev–Trinajstić information content (AvgIpc) is 3.08. The van der Waals surface area contributed by atoms with Gasteiger partial charge >= 0.3 is 5.97 Å². The molecule has 0 bridgehead atoms. The lowest BCUT2D eigenvalue weighted by atomic mass is 10.3. The zero-order valence-electron chi connectivity index (χ0n) is 12.0. The highest BCUT2D eigenvalue weighted by Crippen LogP contribution is 2.28. The van der Waals surface area contributed by atoms with Crippen LogP contribution in [-0.4, -0.2) is 29.0 Å². The van der Waals surface area contributed by atoms with Crippen molar-refractivity contribution in [2.24, 2.45) is 0 Å². The number of amides is 1. The molecule has 2 rings (SSSR count). The van der Waals surface area contributed by atoms with Crippen LogP contribution >= 0.6 is 22.7 Å². The van der Waals surface area contributed by atoms with Gasteiger partial charge in [-0.1, -0.05) is 6.07 Å². The molecule has 2 heterocycles. The summed E-state index contributed by atoms with van der Waals surface area (Å²) in [5.41, 5.74) is 0.229. The van der Waals surface area contributed by atoms with Crippen molar-refractivity contribution >= 4 is 34.6 Å². The summed E-state index contributed by atoms with van der Waals surface area (Å²) in [5.74, 6) is -0.896. The number of thiazole rings is 1. The van der Waals surface area contributed by atoms with Gasteiger partial charge < -0.3 is 10.1 Å². The summed E-state index contributed by atoms with van der Waals surface area (Å²) in [4.78, 5) is 28.9. The summed E-state index contributed by atoms with van der Waals surface area (Å²) in [6, 6.07) is 3.87.